The quantitative estimate of drug-likeness (QED) is 0.849. The summed E-state index contributed by atoms with van der Waals surface area (Å²) in [6.45, 7) is 6.12. The molecule has 0 spiro atoms. The zero-order chi connectivity index (χ0) is 15.0. The van der Waals surface area contributed by atoms with E-state index < -0.39 is 0 Å². The Labute approximate surface area is 125 Å². The molecule has 3 rings (SSSR count). The van der Waals surface area contributed by atoms with Crippen LogP contribution in [0.2, 0.25) is 0 Å². The van der Waals surface area contributed by atoms with Crippen LogP contribution < -0.4 is 4.74 Å². The zero-order valence-electron chi connectivity index (χ0n) is 12.8. The molecule has 110 valence electrons. The molecule has 0 amide bonds. The fourth-order valence-electron chi connectivity index (χ4n) is 3.34. The summed E-state index contributed by atoms with van der Waals surface area (Å²) >= 11 is 0. The average Bonchev–Trinajstić information content (AvgIpc) is 2.48. The summed E-state index contributed by atoms with van der Waals surface area (Å²) in [5.41, 5.74) is 1.56. The predicted molar refractivity (Wildman–Crippen MR) is 83.5 cm³/mol. The van der Waals surface area contributed by atoms with Gasteiger partial charge in [0.25, 0.3) is 0 Å². The van der Waals surface area contributed by atoms with E-state index in [1.807, 2.05) is 31.2 Å². The first-order valence-corrected chi connectivity index (χ1v) is 7.67. The van der Waals surface area contributed by atoms with Crippen molar-refractivity contribution in [2.75, 3.05) is 0 Å². The molecular formula is C18H21NO2. The van der Waals surface area contributed by atoms with Gasteiger partial charge in [0.05, 0.1) is 5.41 Å². The minimum absolute atomic E-state index is 0.0205. The van der Waals surface area contributed by atoms with Crippen molar-refractivity contribution in [2.24, 2.45) is 5.41 Å². The number of Topliss-reactive ketones (excluding diaryl/α,β-unsaturated/α-hetero) is 1. The monoisotopic (exact) mass is 283 g/mol. The van der Waals surface area contributed by atoms with Crippen LogP contribution in [0.4, 0.5) is 0 Å². The molecule has 0 bridgehead atoms. The maximum Gasteiger partial charge on any atom is 0.146 e. The Balaban J connectivity index is 1.96. The number of rotatable bonds is 4. The summed E-state index contributed by atoms with van der Waals surface area (Å²) in [6.07, 6.45) is 2.17. The highest BCUT2D eigenvalue weighted by Crippen LogP contribution is 2.46. The van der Waals surface area contributed by atoms with E-state index in [2.05, 4.69) is 24.9 Å². The summed E-state index contributed by atoms with van der Waals surface area (Å²) in [4.78, 5) is 16.6. The highest BCUT2D eigenvalue weighted by molar-refractivity contribution is 5.92. The molecule has 0 N–H and O–H groups in total. The molecule has 3 nitrogen and oxygen atoms in total. The Bertz CT molecular complexity index is 689. The van der Waals surface area contributed by atoms with Crippen molar-refractivity contribution in [3.05, 3.63) is 36.0 Å². The van der Waals surface area contributed by atoms with Crippen LogP contribution in [0.3, 0.4) is 0 Å². The summed E-state index contributed by atoms with van der Waals surface area (Å²) in [7, 11) is 0. The number of ketones is 1. The number of aromatic nitrogens is 1. The summed E-state index contributed by atoms with van der Waals surface area (Å²) < 4.78 is 6.20. The van der Waals surface area contributed by atoms with Crippen LogP contribution in [0, 0.1) is 12.3 Å². The maximum atomic E-state index is 12.0. The molecule has 1 heterocycles. The average molecular weight is 283 g/mol. The fraction of sp³-hybridized carbons (Fsp3) is 0.444. The van der Waals surface area contributed by atoms with Gasteiger partial charge in [0.1, 0.15) is 23.2 Å². The van der Waals surface area contributed by atoms with Gasteiger partial charge in [-0.3, -0.25) is 4.79 Å². The van der Waals surface area contributed by atoms with Crippen LogP contribution in [0.15, 0.2) is 30.3 Å². The van der Waals surface area contributed by atoms with Crippen molar-refractivity contribution >= 4 is 16.7 Å². The zero-order valence-corrected chi connectivity index (χ0v) is 12.8. The third-order valence-electron chi connectivity index (χ3n) is 4.90. The molecule has 0 saturated heterocycles. The molecule has 3 heteroatoms. The van der Waals surface area contributed by atoms with E-state index in [1.165, 1.54) is 0 Å². The number of pyridine rings is 1. The highest BCUT2D eigenvalue weighted by atomic mass is 16.5. The van der Waals surface area contributed by atoms with Crippen molar-refractivity contribution in [1.29, 1.82) is 0 Å². The minimum atomic E-state index is -0.300. The van der Waals surface area contributed by atoms with Gasteiger partial charge in [-0.05, 0) is 31.9 Å². The number of hydrogen-bond acceptors (Lipinski definition) is 3. The van der Waals surface area contributed by atoms with Gasteiger partial charge in [-0.1, -0.05) is 32.0 Å². The molecule has 1 saturated carbocycles. The number of ether oxygens (including phenoxy) is 1. The molecule has 1 aliphatic carbocycles. The Kier molecular flexibility index (Phi) is 3.44. The molecule has 1 unspecified atom stereocenters. The lowest BCUT2D eigenvalue weighted by molar-refractivity contribution is -0.153. The van der Waals surface area contributed by atoms with Crippen LogP contribution in [0.25, 0.3) is 10.9 Å². The van der Waals surface area contributed by atoms with Crippen LogP contribution in [-0.2, 0) is 4.79 Å². The van der Waals surface area contributed by atoms with Gasteiger partial charge in [0.2, 0.25) is 0 Å². The number of aryl methyl sites for hydroxylation is 1. The second kappa shape index (κ2) is 5.14. The lowest BCUT2D eigenvalue weighted by Gasteiger charge is -2.46. The van der Waals surface area contributed by atoms with Crippen LogP contribution in [0.1, 0.15) is 38.8 Å². The number of para-hydroxylation sites is 1. The number of hydrogen-bond donors (Lipinski definition) is 0. The van der Waals surface area contributed by atoms with E-state index >= 15 is 0 Å². The molecular weight excluding hydrogens is 262 g/mol. The summed E-state index contributed by atoms with van der Waals surface area (Å²) in [6, 6.07) is 10.0. The predicted octanol–water partition coefficient (Wildman–Crippen LogP) is 4.07. The first kappa shape index (κ1) is 14.1. The second-order valence-corrected chi connectivity index (χ2v) is 5.88. The molecule has 2 aromatic rings. The number of carbonyl (C=O) groups excluding carboxylic acids is 1. The lowest BCUT2D eigenvalue weighted by Crippen LogP contribution is -2.56. The molecule has 21 heavy (non-hydrogen) atoms. The van der Waals surface area contributed by atoms with Gasteiger partial charge in [-0.15, -0.1) is 0 Å². The largest absolute Gasteiger partial charge is 0.487 e. The van der Waals surface area contributed by atoms with E-state index in [9.17, 15) is 4.79 Å². The van der Waals surface area contributed by atoms with Gasteiger partial charge in [0, 0.05) is 17.5 Å². The normalized spacial score (nSPS) is 20.3. The number of benzene rings is 1. The van der Waals surface area contributed by atoms with Gasteiger partial charge in [-0.25, -0.2) is 4.98 Å². The first-order chi connectivity index (χ1) is 10.1. The van der Waals surface area contributed by atoms with E-state index in [4.69, 9.17) is 4.74 Å². The molecule has 0 aliphatic heterocycles. The van der Waals surface area contributed by atoms with Gasteiger partial charge in [-0.2, -0.15) is 0 Å². The number of fused-ring (bicyclic) bond motifs is 1. The SMILES string of the molecule is CCC1(CC)C(=O)CC1Oc1cccc2ccc(C)nc12. The first-order valence-electron chi connectivity index (χ1n) is 7.67. The van der Waals surface area contributed by atoms with Crippen LogP contribution in [0.5, 0.6) is 5.75 Å². The third kappa shape index (κ3) is 2.11. The standard InChI is InChI=1S/C18H21NO2/c1-4-18(5-2)15(20)11-16(18)21-14-8-6-7-13-10-9-12(3)19-17(13)14/h6-10,16H,4-5,11H2,1-3H3. The fourth-order valence-corrected chi connectivity index (χ4v) is 3.34. The van der Waals surface area contributed by atoms with Crippen LogP contribution in [-0.4, -0.2) is 16.9 Å². The van der Waals surface area contributed by atoms with E-state index in [0.717, 1.165) is 35.2 Å². The minimum Gasteiger partial charge on any atom is -0.487 e. The Morgan fingerprint density at radius 1 is 1.24 bits per heavy atom. The van der Waals surface area contributed by atoms with E-state index in [1.54, 1.807) is 0 Å². The second-order valence-electron chi connectivity index (χ2n) is 5.88. The lowest BCUT2D eigenvalue weighted by atomic mass is 9.61. The molecule has 1 atom stereocenters. The number of nitrogens with zero attached hydrogens (tertiary/aromatic N) is 1. The summed E-state index contributed by atoms with van der Waals surface area (Å²) in [5, 5.41) is 1.07. The highest BCUT2D eigenvalue weighted by Gasteiger charge is 2.54. The van der Waals surface area contributed by atoms with E-state index in [0.29, 0.717) is 12.2 Å². The Morgan fingerprint density at radius 3 is 2.67 bits per heavy atom. The van der Waals surface area contributed by atoms with Crippen molar-refractivity contribution in [1.82, 2.24) is 4.98 Å². The number of carbonyl (C=O) groups is 1. The van der Waals surface area contributed by atoms with E-state index in [-0.39, 0.29) is 11.5 Å². The van der Waals surface area contributed by atoms with Crippen molar-refractivity contribution < 1.29 is 9.53 Å². The van der Waals surface area contributed by atoms with Crippen LogP contribution >= 0.6 is 0 Å². The van der Waals surface area contributed by atoms with Crippen molar-refractivity contribution in [3.63, 3.8) is 0 Å². The molecule has 1 aromatic carbocycles. The Morgan fingerprint density at radius 2 is 2.00 bits per heavy atom. The maximum absolute atomic E-state index is 12.0. The molecule has 1 fully saturated rings. The van der Waals surface area contributed by atoms with Crippen molar-refractivity contribution in [2.45, 2.75) is 46.1 Å². The van der Waals surface area contributed by atoms with Gasteiger partial charge >= 0.3 is 0 Å². The molecule has 1 aliphatic rings. The molecule has 0 radical (unpaired) electrons. The third-order valence-corrected chi connectivity index (χ3v) is 4.90. The molecule has 1 aromatic heterocycles. The van der Waals surface area contributed by atoms with Gasteiger partial charge in [0.15, 0.2) is 0 Å². The topological polar surface area (TPSA) is 39.2 Å². The summed E-state index contributed by atoms with van der Waals surface area (Å²) in [5.74, 6) is 1.13. The Hall–Kier alpha value is -1.90. The van der Waals surface area contributed by atoms with Crippen molar-refractivity contribution in [3.8, 4) is 5.75 Å². The van der Waals surface area contributed by atoms with Gasteiger partial charge < -0.3 is 4.74 Å². The smallest absolute Gasteiger partial charge is 0.146 e.